The van der Waals surface area contributed by atoms with Crippen LogP contribution in [0.4, 0.5) is 0 Å². The highest BCUT2D eigenvalue weighted by Crippen LogP contribution is 2.33. The summed E-state index contributed by atoms with van der Waals surface area (Å²) >= 11 is 8.29. The van der Waals surface area contributed by atoms with Crippen LogP contribution in [0.3, 0.4) is 0 Å². The number of benzene rings is 2. The van der Waals surface area contributed by atoms with Gasteiger partial charge in [-0.1, -0.05) is 23.5 Å². The van der Waals surface area contributed by atoms with Gasteiger partial charge in [-0.05, 0) is 107 Å². The summed E-state index contributed by atoms with van der Waals surface area (Å²) < 4.78 is 8.81. The lowest BCUT2D eigenvalue weighted by Gasteiger charge is -2.25. The molecular formula is C25H22BrIN2O4S2. The highest BCUT2D eigenvalue weighted by molar-refractivity contribution is 14.1. The second kappa shape index (κ2) is 10.6. The van der Waals surface area contributed by atoms with Gasteiger partial charge in [-0.2, -0.15) is 0 Å². The first-order valence-electron chi connectivity index (χ1n) is 10.7. The van der Waals surface area contributed by atoms with Crippen molar-refractivity contribution in [2.45, 2.75) is 37.8 Å². The fourth-order valence-electron chi connectivity index (χ4n) is 3.78. The third-order valence-electron chi connectivity index (χ3n) is 5.35. The van der Waals surface area contributed by atoms with E-state index in [0.717, 1.165) is 16.0 Å². The number of halogens is 2. The van der Waals surface area contributed by atoms with Crippen molar-refractivity contribution in [2.24, 2.45) is 4.99 Å². The van der Waals surface area contributed by atoms with Crippen LogP contribution >= 0.6 is 61.6 Å². The second-order valence-electron chi connectivity index (χ2n) is 8.14. The number of aromatic nitrogens is 1. The summed E-state index contributed by atoms with van der Waals surface area (Å²) in [5.74, 6) is -0.326. The Kier molecular flexibility index (Phi) is 7.94. The quantitative estimate of drug-likeness (QED) is 0.233. The Morgan fingerprint density at radius 1 is 1.31 bits per heavy atom. The molecule has 182 valence electrons. The molecule has 0 amide bonds. The number of ether oxygens (including phenoxy) is 1. The van der Waals surface area contributed by atoms with Crippen LogP contribution in [0.1, 0.15) is 37.9 Å². The molecule has 0 fully saturated rings. The van der Waals surface area contributed by atoms with Crippen LogP contribution in [-0.2, 0) is 9.53 Å². The molecular weight excluding hydrogens is 663 g/mol. The number of hydrogen-bond acceptors (Lipinski definition) is 7. The van der Waals surface area contributed by atoms with E-state index < -0.39 is 12.0 Å². The summed E-state index contributed by atoms with van der Waals surface area (Å²) in [5.41, 5.74) is 2.22. The molecule has 1 N–H and O–H groups in total. The van der Waals surface area contributed by atoms with Crippen molar-refractivity contribution in [3.05, 3.63) is 86.5 Å². The molecule has 0 unspecified atom stereocenters. The third kappa shape index (κ3) is 5.30. The molecule has 2 aromatic carbocycles. The summed E-state index contributed by atoms with van der Waals surface area (Å²) in [6, 6.07) is 10.7. The standard InChI is InChI=1S/C25H22BrIN2O4S2/c1-12(2)33-24(32)20-13(3)28-25-29(21(20)15-5-7-16(34-4)8-6-15)23(31)19(35-25)11-14-9-17(26)22(30)18(27)10-14/h5-12,21,30H,1-4H3/b19-11-/t21-/m0/s1. The Morgan fingerprint density at radius 2 is 2.00 bits per heavy atom. The van der Waals surface area contributed by atoms with E-state index in [4.69, 9.17) is 4.74 Å². The molecule has 0 saturated heterocycles. The lowest BCUT2D eigenvalue weighted by Crippen LogP contribution is -2.40. The molecule has 6 nitrogen and oxygen atoms in total. The molecule has 0 radical (unpaired) electrons. The maximum absolute atomic E-state index is 13.7. The Labute approximate surface area is 232 Å². The van der Waals surface area contributed by atoms with E-state index >= 15 is 0 Å². The maximum Gasteiger partial charge on any atom is 0.338 e. The van der Waals surface area contributed by atoms with Crippen LogP contribution in [-0.4, -0.2) is 28.0 Å². The number of hydrogen-bond donors (Lipinski definition) is 1. The molecule has 4 rings (SSSR count). The van der Waals surface area contributed by atoms with Crippen LogP contribution in [0.15, 0.2) is 66.8 Å². The predicted molar refractivity (Wildman–Crippen MR) is 152 cm³/mol. The van der Waals surface area contributed by atoms with Crippen molar-refractivity contribution in [1.29, 1.82) is 0 Å². The van der Waals surface area contributed by atoms with Gasteiger partial charge in [0.2, 0.25) is 0 Å². The molecule has 10 heteroatoms. The number of nitrogens with zero attached hydrogens (tertiary/aromatic N) is 2. The number of fused-ring (bicyclic) bond motifs is 1. The Morgan fingerprint density at radius 3 is 2.60 bits per heavy atom. The van der Waals surface area contributed by atoms with E-state index in [1.807, 2.05) is 53.1 Å². The zero-order valence-corrected chi connectivity index (χ0v) is 24.7. The Bertz CT molecular complexity index is 1500. The largest absolute Gasteiger partial charge is 0.506 e. The number of carbonyl (C=O) groups is 1. The molecule has 0 aliphatic carbocycles. The SMILES string of the molecule is CSc1ccc([C@H]2C(C(=O)OC(C)C)=C(C)N=c3s/c(=C\c4cc(Br)c(O)c(I)c4)c(=O)n32)cc1. The summed E-state index contributed by atoms with van der Waals surface area (Å²) in [4.78, 5) is 33.1. The smallest absolute Gasteiger partial charge is 0.338 e. The van der Waals surface area contributed by atoms with Gasteiger partial charge in [0.1, 0.15) is 5.75 Å². The number of carbonyl (C=O) groups excluding carboxylic acids is 1. The van der Waals surface area contributed by atoms with Crippen molar-refractivity contribution < 1.29 is 14.6 Å². The number of thioether (sulfide) groups is 1. The molecule has 0 saturated carbocycles. The van der Waals surface area contributed by atoms with Gasteiger partial charge >= 0.3 is 5.97 Å². The fourth-order valence-corrected chi connectivity index (χ4v) is 6.74. The first-order valence-corrected chi connectivity index (χ1v) is 14.6. The van der Waals surface area contributed by atoms with Gasteiger partial charge < -0.3 is 9.84 Å². The number of esters is 1. The molecule has 3 aromatic rings. The van der Waals surface area contributed by atoms with Crippen molar-refractivity contribution in [1.82, 2.24) is 4.57 Å². The third-order valence-corrected chi connectivity index (χ3v) is 8.51. The molecule has 1 atom stereocenters. The van der Waals surface area contributed by atoms with Crippen LogP contribution < -0.4 is 14.9 Å². The lowest BCUT2D eigenvalue weighted by molar-refractivity contribution is -0.143. The number of thiazole rings is 1. The van der Waals surface area contributed by atoms with Gasteiger partial charge in [0, 0.05) is 4.90 Å². The fraction of sp³-hybridized carbons (Fsp3) is 0.240. The van der Waals surface area contributed by atoms with Crippen LogP contribution in [0.25, 0.3) is 6.08 Å². The highest BCUT2D eigenvalue weighted by atomic mass is 127. The van der Waals surface area contributed by atoms with Gasteiger partial charge in [-0.25, -0.2) is 9.79 Å². The van der Waals surface area contributed by atoms with Gasteiger partial charge in [0.15, 0.2) is 4.80 Å². The number of phenols is 1. The van der Waals surface area contributed by atoms with E-state index in [1.165, 1.54) is 11.3 Å². The van der Waals surface area contributed by atoms with Gasteiger partial charge in [-0.3, -0.25) is 9.36 Å². The molecule has 1 aliphatic rings. The number of rotatable bonds is 5. The minimum Gasteiger partial charge on any atom is -0.506 e. The predicted octanol–water partition coefficient (Wildman–Crippen LogP) is 4.98. The van der Waals surface area contributed by atoms with E-state index in [0.29, 0.717) is 28.6 Å². The maximum atomic E-state index is 13.7. The van der Waals surface area contributed by atoms with Crippen molar-refractivity contribution in [2.75, 3.05) is 6.26 Å². The minimum absolute atomic E-state index is 0.154. The van der Waals surface area contributed by atoms with Crippen LogP contribution in [0, 0.1) is 3.57 Å². The zero-order valence-electron chi connectivity index (χ0n) is 19.3. The molecule has 0 bridgehead atoms. The van der Waals surface area contributed by atoms with Crippen molar-refractivity contribution >= 4 is 73.7 Å². The first-order chi connectivity index (χ1) is 16.6. The van der Waals surface area contributed by atoms with E-state index in [-0.39, 0.29) is 17.4 Å². The summed E-state index contributed by atoms with van der Waals surface area (Å²) in [5, 5.41) is 10.1. The minimum atomic E-state index is -0.651. The van der Waals surface area contributed by atoms with Crippen molar-refractivity contribution in [3.63, 3.8) is 0 Å². The van der Waals surface area contributed by atoms with E-state index in [2.05, 4.69) is 20.9 Å². The molecule has 35 heavy (non-hydrogen) atoms. The topological polar surface area (TPSA) is 80.9 Å². The molecule has 1 aliphatic heterocycles. The Balaban J connectivity index is 1.94. The van der Waals surface area contributed by atoms with E-state index in [9.17, 15) is 14.7 Å². The van der Waals surface area contributed by atoms with Crippen molar-refractivity contribution in [3.8, 4) is 5.75 Å². The molecule has 1 aromatic heterocycles. The second-order valence-corrected chi connectivity index (χ2v) is 12.0. The molecule has 2 heterocycles. The van der Waals surface area contributed by atoms with Crippen LogP contribution in [0.2, 0.25) is 0 Å². The summed E-state index contributed by atoms with van der Waals surface area (Å²) in [6.45, 7) is 5.36. The van der Waals surface area contributed by atoms with Gasteiger partial charge in [0.05, 0.1) is 36.0 Å². The number of phenolic OH excluding ortho intramolecular Hbond substituents is 1. The van der Waals surface area contributed by atoms with Gasteiger partial charge in [0.25, 0.3) is 5.56 Å². The summed E-state index contributed by atoms with van der Waals surface area (Å²) in [7, 11) is 0. The Hall–Kier alpha value is -1.89. The van der Waals surface area contributed by atoms with Gasteiger partial charge in [-0.15, -0.1) is 11.8 Å². The zero-order chi connectivity index (χ0) is 25.4. The summed E-state index contributed by atoms with van der Waals surface area (Å²) in [6.07, 6.45) is 3.47. The normalized spacial score (nSPS) is 15.9. The van der Waals surface area contributed by atoms with E-state index in [1.54, 1.807) is 55.3 Å². The van der Waals surface area contributed by atoms with Crippen LogP contribution in [0.5, 0.6) is 5.75 Å². The monoisotopic (exact) mass is 684 g/mol. The average Bonchev–Trinajstić information content (AvgIpc) is 3.10. The molecule has 0 spiro atoms. The average molecular weight is 685 g/mol. The first kappa shape index (κ1) is 26.2. The lowest BCUT2D eigenvalue weighted by atomic mass is 9.96. The highest BCUT2D eigenvalue weighted by Gasteiger charge is 2.33. The number of aromatic hydroxyl groups is 1. The number of allylic oxidation sites excluding steroid dienone is 1.